The van der Waals surface area contributed by atoms with E-state index in [1.165, 1.54) is 5.52 Å². The molecule has 16 N–H and O–H groups in total. The summed E-state index contributed by atoms with van der Waals surface area (Å²) in [4.78, 5) is 28.4. The van der Waals surface area contributed by atoms with Gasteiger partial charge in [-0.3, -0.25) is 0 Å². The van der Waals surface area contributed by atoms with Crippen LogP contribution in [0.3, 0.4) is 0 Å². The van der Waals surface area contributed by atoms with Gasteiger partial charge in [0.05, 0.1) is 83.6 Å². The molecule has 0 amide bonds. The van der Waals surface area contributed by atoms with Crippen LogP contribution in [0, 0.1) is 9.54 Å². The summed E-state index contributed by atoms with van der Waals surface area (Å²) in [6.07, 6.45) is 24.0. The molecule has 0 fully saturated rings. The predicted octanol–water partition coefficient (Wildman–Crippen LogP) is 14.3. The summed E-state index contributed by atoms with van der Waals surface area (Å²) < 4.78 is 16.1. The van der Waals surface area contributed by atoms with Crippen LogP contribution in [0.4, 0.5) is 0 Å². The van der Waals surface area contributed by atoms with Crippen molar-refractivity contribution in [2.24, 2.45) is 0 Å². The van der Waals surface area contributed by atoms with E-state index in [2.05, 4.69) is 75.9 Å². The third-order valence-corrected chi connectivity index (χ3v) is 22.7. The topological polar surface area (TPSA) is 414 Å². The van der Waals surface area contributed by atoms with Crippen molar-refractivity contribution in [3.63, 3.8) is 0 Å². The fourth-order valence-electron chi connectivity index (χ4n) is 13.9. The summed E-state index contributed by atoms with van der Waals surface area (Å²) >= 11 is 26.0. The van der Waals surface area contributed by atoms with Gasteiger partial charge in [0.15, 0.2) is 19.9 Å². The molecule has 0 unspecified atom stereocenters. The maximum absolute atomic E-state index is 8.81. The van der Waals surface area contributed by atoms with Crippen molar-refractivity contribution in [1.29, 1.82) is 0 Å². The van der Waals surface area contributed by atoms with Gasteiger partial charge in [-0.1, -0.05) is 173 Å². The van der Waals surface area contributed by atoms with Gasteiger partial charge < -0.3 is 112 Å². The van der Waals surface area contributed by atoms with Crippen LogP contribution in [0.1, 0.15) is 109 Å². The average Bonchev–Trinajstić information content (AvgIpc) is 1.72. The molecule has 0 saturated carbocycles. The number of imidazole rings is 7. The minimum Gasteiger partial charge on any atom is -0.427 e. The lowest BCUT2D eigenvalue weighted by molar-refractivity contribution is 0.399. The molecule has 14 rings (SSSR count). The van der Waals surface area contributed by atoms with Gasteiger partial charge in [-0.2, -0.15) is 0 Å². The summed E-state index contributed by atoms with van der Waals surface area (Å²) in [6.45, 7) is 5.88. The van der Waals surface area contributed by atoms with Crippen molar-refractivity contribution in [3.8, 4) is 0 Å². The number of fused-ring (bicyclic) bond motifs is 7. The molecule has 123 heavy (non-hydrogen) atoms. The first-order valence-corrected chi connectivity index (χ1v) is 45.9. The molecule has 0 saturated heterocycles. The van der Waals surface area contributed by atoms with Crippen LogP contribution in [0.15, 0.2) is 186 Å². The second kappa shape index (κ2) is 55.1. The summed E-state index contributed by atoms with van der Waals surface area (Å²) in [7, 11) is -8.33. The van der Waals surface area contributed by atoms with E-state index in [1.54, 1.807) is 23.5 Å². The molecular weight excluding hydrogens is 1680 g/mol. The summed E-state index contributed by atoms with van der Waals surface area (Å²) in [5.74, 6) is 0. The van der Waals surface area contributed by atoms with Crippen LogP contribution >= 0.6 is 71.2 Å². The molecule has 41 heteroatoms. The monoisotopic (exact) mass is 1790 g/mol. The van der Waals surface area contributed by atoms with E-state index in [1.807, 2.05) is 180 Å². The highest BCUT2D eigenvalue weighted by Gasteiger charge is 2.17. The van der Waals surface area contributed by atoms with E-state index < -0.39 is 49.8 Å². The lowest BCUT2D eigenvalue weighted by atomic mass is 9.83. The molecule has 0 bridgehead atoms. The van der Waals surface area contributed by atoms with Crippen molar-refractivity contribution in [1.82, 2.24) is 66.9 Å². The molecular formula is C82H113B7Cl2N14O14S4. The third-order valence-electron chi connectivity index (χ3n) is 20.1. The number of nitrogens with one attached hydrogen (secondary N) is 2. The lowest BCUT2D eigenvalue weighted by Crippen LogP contribution is -2.10. The Morgan fingerprint density at radius 2 is 0.528 bits per heavy atom. The van der Waals surface area contributed by atoms with E-state index in [0.29, 0.717) is 54.8 Å². The highest BCUT2D eigenvalue weighted by molar-refractivity contribution is 7.98. The van der Waals surface area contributed by atoms with Crippen LogP contribution < -0.4 is 0 Å². The standard InChI is InChI=1S/C13H19BN2O2S.C12H16BClN2O2.2C12H17BN2O2S.C11H14BClN2O2.C11H15BN2O2S.C11H15BN2O2/c1-19-13-15-11-7-3-4-8-12(11)16(13)10-6-2-5-9-14(17)18;14-12-15-10-6-2-3-7-11(10)16(12)9-5-1-4-8-13(17)18;1-18-12-14-10-6-2-3-7-11(10)15(12)9-5-4-8-13(16)17;16-13(17)8-4-1-5-9-15-11-7-3-2-6-10(11)14-12(15)18;13-11-14-9-5-1-2-6-10(9)15(11)8-4-3-7-12(16)17;15-12(16)7-3-4-8-14-10-6-2-1-5-9(10)13-11(14)17;15-12(16)7-3-4-8-14-9-13-10-5-1-2-6-11(10)14/h3-4,7-8,17-18H,2,5-6,9-10H2,1H3;2-3,6-7,17-18H,1,4-5,8-9H2;2-3,6-7,16-17H,4-5,8-9H2,1H3;2-3,6-7,16-17H,1,4-5,8-9H2,(H,14,18);1-2,5-6,16-17H,3-4,7-8H2;1-2,5-6,15-16H,3-4,7-8H2,(H,13,17);1-2,5-6,9,15-16H,3-4,7-8H2. The Kier molecular flexibility index (Phi) is 45.2. The average molecular weight is 1790 g/mol. The number of thioether (sulfide) groups is 2. The van der Waals surface area contributed by atoms with Gasteiger partial charge in [0.25, 0.3) is 0 Å². The van der Waals surface area contributed by atoms with Crippen molar-refractivity contribution in [3.05, 3.63) is 196 Å². The number of unbranched alkanes of at least 4 members (excludes halogenated alkanes) is 10. The molecule has 0 atom stereocenters. The molecule has 0 radical (unpaired) electrons. The molecule has 654 valence electrons. The van der Waals surface area contributed by atoms with E-state index in [0.717, 1.165) is 247 Å². The van der Waals surface area contributed by atoms with Crippen molar-refractivity contribution >= 4 is 198 Å². The van der Waals surface area contributed by atoms with E-state index in [9.17, 15) is 0 Å². The highest BCUT2D eigenvalue weighted by Crippen LogP contribution is 2.28. The van der Waals surface area contributed by atoms with E-state index in [4.69, 9.17) is 118 Å². The lowest BCUT2D eigenvalue weighted by Gasteiger charge is -2.07. The Labute approximate surface area is 748 Å². The zero-order valence-electron chi connectivity index (χ0n) is 69.7. The molecule has 7 aromatic heterocycles. The van der Waals surface area contributed by atoms with Crippen molar-refractivity contribution in [2.75, 3.05) is 12.5 Å². The van der Waals surface area contributed by atoms with Gasteiger partial charge in [0.1, 0.15) is 0 Å². The second-order valence-electron chi connectivity index (χ2n) is 29.5. The largest absolute Gasteiger partial charge is 0.451 e. The van der Waals surface area contributed by atoms with Crippen LogP contribution in [0.5, 0.6) is 0 Å². The summed E-state index contributed by atoms with van der Waals surface area (Å²) in [5.41, 5.74) is 14.7. The molecule has 0 aliphatic heterocycles. The minimum absolute atomic E-state index is 0.393. The predicted molar refractivity (Wildman–Crippen MR) is 510 cm³/mol. The number of hydrogen-bond acceptors (Lipinski definition) is 23. The summed E-state index contributed by atoms with van der Waals surface area (Å²) in [6, 6.07) is 56.0. The van der Waals surface area contributed by atoms with Crippen LogP contribution in [0.2, 0.25) is 54.8 Å². The zero-order valence-corrected chi connectivity index (χ0v) is 74.5. The molecule has 7 aromatic carbocycles. The van der Waals surface area contributed by atoms with Crippen molar-refractivity contribution < 1.29 is 70.3 Å². The smallest absolute Gasteiger partial charge is 0.427 e. The van der Waals surface area contributed by atoms with Gasteiger partial charge in [0, 0.05) is 45.8 Å². The number of hydrogen-bond donors (Lipinski definition) is 16. The molecule has 7 heterocycles. The van der Waals surface area contributed by atoms with Gasteiger partial charge in [-0.05, 0) is 234 Å². The van der Waals surface area contributed by atoms with Gasteiger partial charge in [-0.15, -0.1) is 0 Å². The Bertz CT molecular complexity index is 5500. The number of aromatic nitrogens is 14. The Morgan fingerprint density at radius 3 is 0.854 bits per heavy atom. The molecule has 0 spiro atoms. The van der Waals surface area contributed by atoms with Crippen LogP contribution in [0.25, 0.3) is 77.2 Å². The number of nitrogens with zero attached hydrogens (tertiary/aromatic N) is 12. The van der Waals surface area contributed by atoms with Crippen molar-refractivity contribution in [2.45, 2.75) is 210 Å². The maximum Gasteiger partial charge on any atom is 0.451 e. The quantitative estimate of drug-likeness (QED) is 0.00734. The number of para-hydroxylation sites is 14. The molecule has 0 aliphatic rings. The fraction of sp³-hybridized carbons (Fsp3) is 0.402. The number of aromatic amines is 2. The number of halogens is 2. The number of H-pyrrole nitrogens is 2. The van der Waals surface area contributed by atoms with E-state index in [-0.39, 0.29) is 0 Å². The second-order valence-corrected chi connectivity index (χ2v) is 32.5. The maximum atomic E-state index is 8.81. The minimum atomic E-state index is -1.22. The highest BCUT2D eigenvalue weighted by atomic mass is 35.5. The van der Waals surface area contributed by atoms with Gasteiger partial charge in [0.2, 0.25) is 10.6 Å². The van der Waals surface area contributed by atoms with Gasteiger partial charge >= 0.3 is 49.8 Å². The Morgan fingerprint density at radius 1 is 0.285 bits per heavy atom. The molecule has 0 aliphatic carbocycles. The fourth-order valence-corrected chi connectivity index (χ4v) is 16.3. The van der Waals surface area contributed by atoms with Crippen LogP contribution in [-0.2, 0) is 45.8 Å². The first-order chi connectivity index (χ1) is 59.4. The van der Waals surface area contributed by atoms with Crippen LogP contribution in [-0.4, -0.2) is 200 Å². The summed E-state index contributed by atoms with van der Waals surface area (Å²) in [5, 5.41) is 126. The number of benzene rings is 7. The third kappa shape index (κ3) is 34.0. The van der Waals surface area contributed by atoms with Gasteiger partial charge in [-0.25, -0.2) is 24.9 Å². The molecule has 28 nitrogen and oxygen atoms in total. The Hall–Kier alpha value is -7.56. The zero-order chi connectivity index (χ0) is 88.4. The first kappa shape index (κ1) is 101. The molecule has 14 aromatic rings. The Balaban J connectivity index is 0.000000178. The first-order valence-electron chi connectivity index (χ1n) is 41.9. The normalized spacial score (nSPS) is 11.0. The SMILES string of the molecule is CSc1nc2ccccc2n1CCCCB(O)O.CSc1nc2ccccc2n1CCCCCB(O)O.OB(O)CCCCCn1c(=S)[nH]c2ccccc21.OB(O)CCCCCn1c(Cl)nc2ccccc21.OB(O)CCCCn1c(=S)[nH]c2ccccc21.OB(O)CCCCn1c(Cl)nc2ccccc21.OB(O)CCCCn1cnc2ccccc21. The number of aryl methyl sites for hydroxylation is 7. The number of rotatable bonds is 40. The van der Waals surface area contributed by atoms with E-state index >= 15 is 0 Å².